The molecular formula is C25H36O6. The summed E-state index contributed by atoms with van der Waals surface area (Å²) in [5.74, 6) is -1.48. The molecule has 31 heavy (non-hydrogen) atoms. The number of cyclic esters (lactones) is 1. The van der Waals surface area contributed by atoms with Crippen molar-refractivity contribution in [2.24, 2.45) is 29.1 Å². The highest BCUT2D eigenvalue weighted by Gasteiger charge is 2.45. The lowest BCUT2D eigenvalue weighted by Gasteiger charge is -2.43. The molecule has 0 aromatic heterocycles. The number of ether oxygens (including phenoxy) is 2. The highest BCUT2D eigenvalue weighted by Crippen LogP contribution is 2.45. The zero-order valence-electron chi connectivity index (χ0n) is 19.3. The molecule has 3 rings (SSSR count). The Morgan fingerprint density at radius 1 is 1.26 bits per heavy atom. The zero-order chi connectivity index (χ0) is 22.9. The van der Waals surface area contributed by atoms with Crippen molar-refractivity contribution in [3.63, 3.8) is 0 Å². The first kappa shape index (κ1) is 23.7. The number of hydrogen-bond donors (Lipinski definition) is 1. The molecular weight excluding hydrogens is 396 g/mol. The Labute approximate surface area is 185 Å². The molecule has 1 N–H and O–H groups in total. The van der Waals surface area contributed by atoms with E-state index in [1.807, 2.05) is 40.7 Å². The predicted molar refractivity (Wildman–Crippen MR) is 116 cm³/mol. The summed E-state index contributed by atoms with van der Waals surface area (Å²) in [6.45, 7) is 9.90. The Bertz CT molecular complexity index is 792. The number of aliphatic hydroxyl groups excluding tert-OH is 1. The zero-order valence-corrected chi connectivity index (χ0v) is 19.3. The summed E-state index contributed by atoms with van der Waals surface area (Å²) in [5, 5.41) is 10.3. The van der Waals surface area contributed by atoms with Gasteiger partial charge in [-0.2, -0.15) is 0 Å². The average Bonchev–Trinajstić information content (AvgIpc) is 2.70. The largest absolute Gasteiger partial charge is 0.465 e. The molecule has 6 nitrogen and oxygen atoms in total. The fraction of sp³-hybridized carbons (Fsp3) is 0.720. The monoisotopic (exact) mass is 432 g/mol. The maximum Gasteiger partial charge on any atom is 0.311 e. The molecule has 1 heterocycles. The maximum absolute atomic E-state index is 12.9. The smallest absolute Gasteiger partial charge is 0.311 e. The lowest BCUT2D eigenvalue weighted by atomic mass is 9.64. The van der Waals surface area contributed by atoms with Crippen LogP contribution in [0.2, 0.25) is 0 Å². The van der Waals surface area contributed by atoms with Crippen molar-refractivity contribution in [3.05, 3.63) is 23.3 Å². The Hall–Kier alpha value is -1.95. The lowest BCUT2D eigenvalue weighted by molar-refractivity contribution is -0.163. The first-order valence-corrected chi connectivity index (χ1v) is 11.5. The quantitative estimate of drug-likeness (QED) is 0.643. The minimum Gasteiger partial charge on any atom is -0.465 e. The van der Waals surface area contributed by atoms with Crippen LogP contribution in [0.1, 0.15) is 66.7 Å². The van der Waals surface area contributed by atoms with Crippen LogP contribution >= 0.6 is 0 Å². The third-order valence-corrected chi connectivity index (χ3v) is 7.51. The fourth-order valence-electron chi connectivity index (χ4n) is 4.99. The van der Waals surface area contributed by atoms with Gasteiger partial charge in [-0.25, -0.2) is 0 Å². The molecule has 6 heteroatoms. The molecule has 0 aromatic rings. The van der Waals surface area contributed by atoms with Crippen LogP contribution in [0, 0.1) is 29.1 Å². The van der Waals surface area contributed by atoms with Gasteiger partial charge in [-0.15, -0.1) is 0 Å². The number of ketones is 1. The molecule has 6 atom stereocenters. The SMILES string of the molecule is CCC(C)(C)C(=O)O[C@H]1CC(C)=CC2=CC(=O)[C@@H](C)[C@@H](CCC3C(=O)OCC[C@H]3O)[C@H]21. The van der Waals surface area contributed by atoms with Crippen LogP contribution < -0.4 is 0 Å². The second-order valence-electron chi connectivity index (χ2n) is 10.1. The minimum atomic E-state index is -0.710. The van der Waals surface area contributed by atoms with Gasteiger partial charge in [0.15, 0.2) is 5.78 Å². The average molecular weight is 433 g/mol. The number of esters is 2. The molecule has 0 saturated carbocycles. The molecule has 0 amide bonds. The van der Waals surface area contributed by atoms with E-state index in [2.05, 4.69) is 0 Å². The van der Waals surface area contributed by atoms with Gasteiger partial charge in [0.1, 0.15) is 6.10 Å². The van der Waals surface area contributed by atoms with E-state index in [0.29, 0.717) is 32.1 Å². The number of allylic oxidation sites excluding steroid dienone is 2. The van der Waals surface area contributed by atoms with E-state index in [4.69, 9.17) is 9.47 Å². The van der Waals surface area contributed by atoms with Gasteiger partial charge in [-0.1, -0.05) is 25.5 Å². The first-order chi connectivity index (χ1) is 14.5. The predicted octanol–water partition coefficient (Wildman–Crippen LogP) is 3.77. The molecule has 1 fully saturated rings. The molecule has 0 radical (unpaired) electrons. The van der Waals surface area contributed by atoms with Crippen LogP contribution in [0.15, 0.2) is 23.3 Å². The Kier molecular flexibility index (Phi) is 7.09. The molecule has 1 unspecified atom stereocenters. The Balaban J connectivity index is 1.85. The van der Waals surface area contributed by atoms with Gasteiger partial charge >= 0.3 is 11.9 Å². The van der Waals surface area contributed by atoms with Gasteiger partial charge in [0.2, 0.25) is 0 Å². The van der Waals surface area contributed by atoms with Crippen molar-refractivity contribution in [2.45, 2.75) is 78.9 Å². The normalized spacial score (nSPS) is 33.7. The van der Waals surface area contributed by atoms with E-state index < -0.39 is 17.4 Å². The van der Waals surface area contributed by atoms with E-state index in [-0.39, 0.29) is 48.2 Å². The topological polar surface area (TPSA) is 89.9 Å². The van der Waals surface area contributed by atoms with E-state index in [0.717, 1.165) is 11.1 Å². The van der Waals surface area contributed by atoms with Gasteiger partial charge in [0.05, 0.1) is 24.0 Å². The van der Waals surface area contributed by atoms with Gasteiger partial charge in [-0.3, -0.25) is 14.4 Å². The summed E-state index contributed by atoms with van der Waals surface area (Å²) in [4.78, 5) is 37.8. The van der Waals surface area contributed by atoms with Gasteiger partial charge in [-0.05, 0) is 57.6 Å². The number of aliphatic hydroxyl groups is 1. The van der Waals surface area contributed by atoms with Crippen LogP contribution in [0.5, 0.6) is 0 Å². The Morgan fingerprint density at radius 2 is 1.97 bits per heavy atom. The summed E-state index contributed by atoms with van der Waals surface area (Å²) in [6, 6.07) is 0. The van der Waals surface area contributed by atoms with E-state index in [1.165, 1.54) is 0 Å². The van der Waals surface area contributed by atoms with E-state index in [9.17, 15) is 19.5 Å². The summed E-state index contributed by atoms with van der Waals surface area (Å²) in [5.41, 5.74) is 1.43. The number of fused-ring (bicyclic) bond motifs is 1. The van der Waals surface area contributed by atoms with Crippen molar-refractivity contribution in [1.82, 2.24) is 0 Å². The first-order valence-electron chi connectivity index (χ1n) is 11.5. The number of hydrogen-bond acceptors (Lipinski definition) is 6. The molecule has 172 valence electrons. The molecule has 1 aliphatic heterocycles. The molecule has 0 aromatic carbocycles. The number of rotatable bonds is 6. The van der Waals surface area contributed by atoms with Crippen molar-refractivity contribution >= 4 is 17.7 Å². The summed E-state index contributed by atoms with van der Waals surface area (Å²) < 4.78 is 11.2. The summed E-state index contributed by atoms with van der Waals surface area (Å²) in [6.07, 6.45) is 5.50. The van der Waals surface area contributed by atoms with E-state index >= 15 is 0 Å². The second kappa shape index (κ2) is 9.27. The van der Waals surface area contributed by atoms with Crippen LogP contribution in [0.25, 0.3) is 0 Å². The maximum atomic E-state index is 12.9. The molecule has 0 bridgehead atoms. The van der Waals surface area contributed by atoms with Crippen LogP contribution in [-0.4, -0.2) is 41.6 Å². The third-order valence-electron chi connectivity index (χ3n) is 7.51. The Morgan fingerprint density at radius 3 is 2.61 bits per heavy atom. The van der Waals surface area contributed by atoms with Crippen molar-refractivity contribution in [3.8, 4) is 0 Å². The van der Waals surface area contributed by atoms with E-state index in [1.54, 1.807) is 6.08 Å². The number of carbonyl (C=O) groups excluding carboxylic acids is 3. The molecule has 1 saturated heterocycles. The van der Waals surface area contributed by atoms with Crippen LogP contribution in [0.4, 0.5) is 0 Å². The number of carbonyl (C=O) groups is 3. The highest BCUT2D eigenvalue weighted by molar-refractivity contribution is 5.94. The highest BCUT2D eigenvalue weighted by atomic mass is 16.5. The molecule has 3 aliphatic rings. The van der Waals surface area contributed by atoms with Gasteiger partial charge in [0.25, 0.3) is 0 Å². The minimum absolute atomic E-state index is 0.0629. The van der Waals surface area contributed by atoms with Gasteiger partial charge in [0, 0.05) is 24.7 Å². The van der Waals surface area contributed by atoms with Crippen molar-refractivity contribution in [1.29, 1.82) is 0 Å². The summed E-state index contributed by atoms with van der Waals surface area (Å²) in [7, 11) is 0. The van der Waals surface area contributed by atoms with Crippen LogP contribution in [0.3, 0.4) is 0 Å². The molecule has 2 aliphatic carbocycles. The molecule has 0 spiro atoms. The third kappa shape index (κ3) is 4.94. The second-order valence-corrected chi connectivity index (χ2v) is 10.1. The lowest BCUT2D eigenvalue weighted by Crippen LogP contribution is -2.45. The van der Waals surface area contributed by atoms with Crippen molar-refractivity contribution < 1.29 is 29.0 Å². The van der Waals surface area contributed by atoms with Crippen molar-refractivity contribution in [2.75, 3.05) is 6.61 Å². The fourth-order valence-corrected chi connectivity index (χ4v) is 4.99. The van der Waals surface area contributed by atoms with Crippen LogP contribution in [-0.2, 0) is 23.9 Å². The summed E-state index contributed by atoms with van der Waals surface area (Å²) >= 11 is 0. The van der Waals surface area contributed by atoms with Gasteiger partial charge < -0.3 is 14.6 Å². The standard InChI is InChI=1S/C25H36O6/c1-6-25(4,5)24(29)31-21-12-14(2)11-16-13-20(27)15(3)17(22(16)21)7-8-18-19(26)9-10-30-23(18)28/h11,13,15,17-19,21-22,26H,6-10,12H2,1-5H3/t15-,17+,18?,19+,21-,22-/m0/s1.